The van der Waals surface area contributed by atoms with Gasteiger partial charge in [-0.25, -0.2) is 4.98 Å². The van der Waals surface area contributed by atoms with E-state index < -0.39 is 0 Å². The van der Waals surface area contributed by atoms with E-state index in [1.165, 1.54) is 17.7 Å². The van der Waals surface area contributed by atoms with Crippen LogP contribution in [0, 0.1) is 0 Å². The monoisotopic (exact) mass is 471 g/mol. The maximum Gasteiger partial charge on any atom is 0.193 e. The number of imidazole rings is 1. The molecule has 1 aromatic carbocycles. The van der Waals surface area contributed by atoms with Crippen molar-refractivity contribution in [2.75, 3.05) is 25.9 Å². The van der Waals surface area contributed by atoms with E-state index >= 15 is 0 Å². The molecule has 3 rings (SSSR count). The second-order valence-electron chi connectivity index (χ2n) is 5.85. The number of nitrogens with zero attached hydrogens (tertiary/aromatic N) is 4. The van der Waals surface area contributed by atoms with Crippen LogP contribution in [0.5, 0.6) is 0 Å². The molecule has 1 unspecified atom stereocenters. The summed E-state index contributed by atoms with van der Waals surface area (Å²) in [6.07, 6.45) is 6.82. The number of nitrogens with one attached hydrogen (secondary N) is 1. The first-order valence-corrected chi connectivity index (χ1v) is 9.50. The molecule has 136 valence electrons. The van der Waals surface area contributed by atoms with Gasteiger partial charge in [0, 0.05) is 50.1 Å². The molecule has 1 aromatic heterocycles. The van der Waals surface area contributed by atoms with Crippen LogP contribution in [0.4, 0.5) is 0 Å². The van der Waals surface area contributed by atoms with Crippen molar-refractivity contribution in [3.05, 3.63) is 48.5 Å². The van der Waals surface area contributed by atoms with E-state index in [-0.39, 0.29) is 24.0 Å². The lowest BCUT2D eigenvalue weighted by Gasteiger charge is -2.34. The van der Waals surface area contributed by atoms with E-state index in [0.29, 0.717) is 5.25 Å². The number of guanidine groups is 1. The summed E-state index contributed by atoms with van der Waals surface area (Å²) >= 11 is 2.08. The van der Waals surface area contributed by atoms with Crippen molar-refractivity contribution < 1.29 is 0 Å². The molecule has 0 bridgehead atoms. The Kier molecular flexibility index (Phi) is 8.08. The highest BCUT2D eigenvalue weighted by molar-refractivity contribution is 14.0. The fourth-order valence-electron chi connectivity index (χ4n) is 2.98. The molecule has 1 atom stereocenters. The highest BCUT2D eigenvalue weighted by Gasteiger charge is 2.21. The van der Waals surface area contributed by atoms with E-state index in [1.807, 2.05) is 24.1 Å². The zero-order valence-electron chi connectivity index (χ0n) is 14.8. The molecular weight excluding hydrogens is 445 g/mol. The Hall–Kier alpha value is -1.22. The average molecular weight is 471 g/mol. The van der Waals surface area contributed by atoms with Crippen molar-refractivity contribution in [2.24, 2.45) is 4.99 Å². The van der Waals surface area contributed by atoms with Gasteiger partial charge in [-0.15, -0.1) is 24.0 Å². The van der Waals surface area contributed by atoms with Gasteiger partial charge in [0.2, 0.25) is 0 Å². The highest BCUT2D eigenvalue weighted by Crippen LogP contribution is 2.21. The lowest BCUT2D eigenvalue weighted by molar-refractivity contribution is 0.408. The van der Waals surface area contributed by atoms with Crippen LogP contribution in [-0.2, 0) is 6.54 Å². The van der Waals surface area contributed by atoms with Crippen molar-refractivity contribution in [2.45, 2.75) is 25.1 Å². The normalized spacial score (nSPS) is 17.9. The maximum absolute atomic E-state index is 4.49. The zero-order valence-corrected chi connectivity index (χ0v) is 17.9. The summed E-state index contributed by atoms with van der Waals surface area (Å²) in [5, 5.41) is 4.24. The predicted molar refractivity (Wildman–Crippen MR) is 117 cm³/mol. The first kappa shape index (κ1) is 20.1. The Morgan fingerprint density at radius 1 is 1.40 bits per heavy atom. The van der Waals surface area contributed by atoms with Crippen molar-refractivity contribution in [1.82, 2.24) is 19.8 Å². The number of thioether (sulfide) groups is 1. The van der Waals surface area contributed by atoms with Crippen LogP contribution in [0.2, 0.25) is 0 Å². The summed E-state index contributed by atoms with van der Waals surface area (Å²) in [5.41, 5.74) is 2.38. The van der Waals surface area contributed by atoms with Gasteiger partial charge in [0.15, 0.2) is 5.96 Å². The summed E-state index contributed by atoms with van der Waals surface area (Å²) < 4.78 is 2.05. The minimum absolute atomic E-state index is 0. The third-order valence-electron chi connectivity index (χ3n) is 4.32. The van der Waals surface area contributed by atoms with Gasteiger partial charge < -0.3 is 14.8 Å². The van der Waals surface area contributed by atoms with Crippen molar-refractivity contribution in [3.8, 4) is 5.69 Å². The van der Waals surface area contributed by atoms with Crippen LogP contribution in [-0.4, -0.2) is 51.6 Å². The molecule has 1 aliphatic heterocycles. The van der Waals surface area contributed by atoms with Crippen LogP contribution in [0.25, 0.3) is 5.69 Å². The average Bonchev–Trinajstić information content (AvgIpc) is 3.17. The van der Waals surface area contributed by atoms with Crippen molar-refractivity contribution in [1.29, 1.82) is 0 Å². The van der Waals surface area contributed by atoms with Crippen molar-refractivity contribution >= 4 is 41.7 Å². The van der Waals surface area contributed by atoms with Gasteiger partial charge >= 0.3 is 0 Å². The third kappa shape index (κ3) is 5.13. The minimum atomic E-state index is 0. The van der Waals surface area contributed by atoms with E-state index in [4.69, 9.17) is 0 Å². The molecule has 1 N–H and O–H groups in total. The highest BCUT2D eigenvalue weighted by atomic mass is 127. The van der Waals surface area contributed by atoms with E-state index in [9.17, 15) is 0 Å². The molecule has 2 aromatic rings. The number of benzene rings is 1. The number of hydrogen-bond donors (Lipinski definition) is 1. The molecule has 0 saturated carbocycles. The van der Waals surface area contributed by atoms with E-state index in [2.05, 4.69) is 63.1 Å². The first-order valence-electron chi connectivity index (χ1n) is 8.45. The topological polar surface area (TPSA) is 45.5 Å². The molecule has 0 amide bonds. The predicted octanol–water partition coefficient (Wildman–Crippen LogP) is 3.39. The molecule has 5 nitrogen and oxygen atoms in total. The summed E-state index contributed by atoms with van der Waals surface area (Å²) in [5.74, 6) is 2.17. The zero-order chi connectivity index (χ0) is 16.8. The van der Waals surface area contributed by atoms with Crippen molar-refractivity contribution in [3.63, 3.8) is 0 Å². The van der Waals surface area contributed by atoms with Gasteiger partial charge in [-0.3, -0.25) is 4.99 Å². The second-order valence-corrected chi connectivity index (χ2v) is 7.25. The fraction of sp³-hybridized carbons (Fsp3) is 0.444. The molecule has 0 spiro atoms. The Morgan fingerprint density at radius 3 is 2.96 bits per heavy atom. The molecule has 0 aliphatic carbocycles. The molecule has 25 heavy (non-hydrogen) atoms. The standard InChI is InChI=1S/C18H25N5S.HI/c1-3-16-13-22(10-11-24-16)18(19-2)21-12-15-6-4-5-7-17(15)23-9-8-20-14-23;/h4-9,14,16H,3,10-13H2,1-2H3,(H,19,21);1H. The molecule has 1 fully saturated rings. The van der Waals surface area contributed by atoms with Gasteiger partial charge in [-0.05, 0) is 18.1 Å². The Labute approximate surface area is 171 Å². The SMILES string of the molecule is CCC1CN(C(=NC)NCc2ccccc2-n2ccnc2)CCS1.I. The van der Waals surface area contributed by atoms with E-state index in [0.717, 1.165) is 31.3 Å². The number of hydrogen-bond acceptors (Lipinski definition) is 3. The number of aromatic nitrogens is 2. The molecular formula is C18H26IN5S. The third-order valence-corrected chi connectivity index (χ3v) is 5.69. The summed E-state index contributed by atoms with van der Waals surface area (Å²) in [4.78, 5) is 11.0. The smallest absolute Gasteiger partial charge is 0.193 e. The van der Waals surface area contributed by atoms with Crippen LogP contribution in [0.3, 0.4) is 0 Å². The Balaban J connectivity index is 0.00000225. The lowest BCUT2D eigenvalue weighted by atomic mass is 10.1. The number of para-hydroxylation sites is 1. The molecule has 2 heterocycles. The number of halogens is 1. The summed E-state index contributed by atoms with van der Waals surface area (Å²) in [6, 6.07) is 8.40. The Morgan fingerprint density at radius 2 is 2.24 bits per heavy atom. The summed E-state index contributed by atoms with van der Waals surface area (Å²) in [7, 11) is 1.87. The quantitative estimate of drug-likeness (QED) is 0.422. The van der Waals surface area contributed by atoms with Gasteiger partial charge in [0.1, 0.15) is 0 Å². The molecule has 1 aliphatic rings. The Bertz CT molecular complexity index is 674. The fourth-order valence-corrected chi connectivity index (χ4v) is 4.16. The van der Waals surface area contributed by atoms with E-state index in [1.54, 1.807) is 6.20 Å². The molecule has 1 saturated heterocycles. The van der Waals surface area contributed by atoms with Crippen LogP contribution in [0.15, 0.2) is 48.0 Å². The van der Waals surface area contributed by atoms with Crippen LogP contribution >= 0.6 is 35.7 Å². The molecule has 0 radical (unpaired) electrons. The largest absolute Gasteiger partial charge is 0.352 e. The van der Waals surface area contributed by atoms with Gasteiger partial charge in [-0.1, -0.05) is 25.1 Å². The summed E-state index contributed by atoms with van der Waals surface area (Å²) in [6.45, 7) is 5.15. The van der Waals surface area contributed by atoms with Crippen LogP contribution < -0.4 is 5.32 Å². The number of rotatable bonds is 4. The van der Waals surface area contributed by atoms with Crippen LogP contribution in [0.1, 0.15) is 18.9 Å². The molecule has 7 heteroatoms. The lowest BCUT2D eigenvalue weighted by Crippen LogP contribution is -2.47. The van der Waals surface area contributed by atoms with Gasteiger partial charge in [0.05, 0.1) is 12.0 Å². The number of aliphatic imine (C=N–C) groups is 1. The first-order chi connectivity index (χ1) is 11.8. The maximum atomic E-state index is 4.49. The minimum Gasteiger partial charge on any atom is -0.352 e. The van der Waals surface area contributed by atoms with Gasteiger partial charge in [-0.2, -0.15) is 11.8 Å². The van der Waals surface area contributed by atoms with Gasteiger partial charge in [0.25, 0.3) is 0 Å². The second kappa shape index (κ2) is 10.1.